The highest BCUT2D eigenvalue weighted by Gasteiger charge is 2.33. The fraction of sp³-hybridized carbons (Fsp3) is 0.364. The summed E-state index contributed by atoms with van der Waals surface area (Å²) in [7, 11) is 3.80. The van der Waals surface area contributed by atoms with E-state index >= 15 is 0 Å². The molecule has 5 rings (SSSR count). The molecule has 0 radical (unpaired) electrons. The Morgan fingerprint density at radius 2 is 2.03 bits per heavy atom. The Morgan fingerprint density at radius 3 is 2.76 bits per heavy atom. The van der Waals surface area contributed by atoms with Crippen molar-refractivity contribution in [2.24, 2.45) is 7.05 Å². The molecule has 0 atom stereocenters. The third kappa shape index (κ3) is 2.81. The van der Waals surface area contributed by atoms with E-state index in [1.165, 1.54) is 0 Å². The Hall–Kier alpha value is -2.90. The summed E-state index contributed by atoms with van der Waals surface area (Å²) in [5.74, 6) is 0.245. The monoisotopic (exact) mass is 392 g/mol. The van der Waals surface area contributed by atoms with Gasteiger partial charge in [-0.2, -0.15) is 0 Å². The molecule has 29 heavy (non-hydrogen) atoms. The van der Waals surface area contributed by atoms with Crippen LogP contribution in [0.25, 0.3) is 22.0 Å². The highest BCUT2D eigenvalue weighted by molar-refractivity contribution is 6.13. The van der Waals surface area contributed by atoms with Gasteiger partial charge in [-0.15, -0.1) is 0 Å². The van der Waals surface area contributed by atoms with Crippen LogP contribution in [-0.4, -0.2) is 63.7 Å². The van der Waals surface area contributed by atoms with Gasteiger partial charge in [0, 0.05) is 80.4 Å². The van der Waals surface area contributed by atoms with Crippen LogP contribution in [0.4, 0.5) is 0 Å². The Kier molecular flexibility index (Phi) is 4.29. The number of hydrogen-bond acceptors (Lipinski definition) is 5. The van der Waals surface area contributed by atoms with Gasteiger partial charge in [0.1, 0.15) is 5.75 Å². The number of carbonyl (C=O) groups is 1. The fourth-order valence-electron chi connectivity index (χ4n) is 4.50. The first-order chi connectivity index (χ1) is 14.1. The lowest BCUT2D eigenvalue weighted by Gasteiger charge is -2.28. The molecular weight excluding hydrogens is 368 g/mol. The van der Waals surface area contributed by atoms with E-state index in [1.807, 2.05) is 25.2 Å². The summed E-state index contributed by atoms with van der Waals surface area (Å²) in [5.41, 5.74) is 5.08. The predicted octanol–water partition coefficient (Wildman–Crippen LogP) is 2.36. The van der Waals surface area contributed by atoms with E-state index in [2.05, 4.69) is 14.5 Å². The molecule has 4 heterocycles. The summed E-state index contributed by atoms with van der Waals surface area (Å²) in [6.45, 7) is 4.21. The molecule has 1 aromatic carbocycles. The number of morpholine rings is 1. The van der Waals surface area contributed by atoms with Gasteiger partial charge in [-0.05, 0) is 12.1 Å². The summed E-state index contributed by atoms with van der Waals surface area (Å²) in [6.07, 6.45) is 3.47. The third-order valence-corrected chi connectivity index (χ3v) is 6.09. The maximum Gasteiger partial charge on any atom is 0.256 e. The minimum atomic E-state index is 0.0138. The van der Waals surface area contributed by atoms with Crippen LogP contribution in [0.1, 0.15) is 21.6 Å². The lowest BCUT2D eigenvalue weighted by Crippen LogP contribution is -2.37. The number of phenolic OH excluding ortho intramolecular Hbond substituents is 1. The molecule has 0 unspecified atom stereocenters. The molecule has 2 aromatic heterocycles. The van der Waals surface area contributed by atoms with Crippen molar-refractivity contribution in [3.8, 4) is 16.9 Å². The average molecular weight is 392 g/mol. The molecule has 7 heteroatoms. The minimum Gasteiger partial charge on any atom is -0.507 e. The van der Waals surface area contributed by atoms with Gasteiger partial charge >= 0.3 is 0 Å². The smallest absolute Gasteiger partial charge is 0.256 e. The van der Waals surface area contributed by atoms with Gasteiger partial charge in [-0.1, -0.05) is 6.07 Å². The summed E-state index contributed by atoms with van der Waals surface area (Å²) in [6, 6.07) is 5.79. The first-order valence-electron chi connectivity index (χ1n) is 9.88. The van der Waals surface area contributed by atoms with Crippen LogP contribution in [0.5, 0.6) is 5.75 Å². The summed E-state index contributed by atoms with van der Waals surface area (Å²) in [4.78, 5) is 21.3. The van der Waals surface area contributed by atoms with Crippen molar-refractivity contribution in [1.29, 1.82) is 0 Å². The van der Waals surface area contributed by atoms with Gasteiger partial charge < -0.3 is 19.3 Å². The molecule has 150 valence electrons. The van der Waals surface area contributed by atoms with Gasteiger partial charge in [0.15, 0.2) is 0 Å². The Balaban J connectivity index is 1.75. The van der Waals surface area contributed by atoms with Crippen LogP contribution in [0.15, 0.2) is 30.6 Å². The van der Waals surface area contributed by atoms with E-state index in [0.29, 0.717) is 31.9 Å². The highest BCUT2D eigenvalue weighted by atomic mass is 16.5. The lowest BCUT2D eigenvalue weighted by atomic mass is 9.93. The second-order valence-corrected chi connectivity index (χ2v) is 7.82. The van der Waals surface area contributed by atoms with Crippen molar-refractivity contribution in [2.75, 3.05) is 33.4 Å². The Bertz CT molecular complexity index is 1100. The van der Waals surface area contributed by atoms with E-state index in [-0.39, 0.29) is 11.7 Å². The number of carbonyl (C=O) groups excluding carboxylic acids is 1. The summed E-state index contributed by atoms with van der Waals surface area (Å²) < 4.78 is 7.58. The molecule has 2 aliphatic rings. The lowest BCUT2D eigenvalue weighted by molar-refractivity contribution is 0.0331. The largest absolute Gasteiger partial charge is 0.507 e. The van der Waals surface area contributed by atoms with Crippen LogP contribution in [0.2, 0.25) is 0 Å². The second-order valence-electron chi connectivity index (χ2n) is 7.82. The molecule has 1 saturated heterocycles. The number of aromatic hydroxyl groups is 1. The molecular formula is C22H24N4O3. The van der Waals surface area contributed by atoms with E-state index in [4.69, 9.17) is 4.74 Å². The molecule has 1 N–H and O–H groups in total. The quantitative estimate of drug-likeness (QED) is 0.741. The molecule has 0 spiro atoms. The first kappa shape index (κ1) is 18.1. The van der Waals surface area contributed by atoms with Crippen molar-refractivity contribution in [2.45, 2.75) is 13.1 Å². The summed E-state index contributed by atoms with van der Waals surface area (Å²) >= 11 is 0. The molecule has 0 saturated carbocycles. The zero-order valence-electron chi connectivity index (χ0n) is 16.7. The second kappa shape index (κ2) is 6.86. The number of aryl methyl sites for hydroxylation is 1. The summed E-state index contributed by atoms with van der Waals surface area (Å²) in [5, 5.41) is 12.0. The minimum absolute atomic E-state index is 0.0138. The van der Waals surface area contributed by atoms with E-state index < -0.39 is 0 Å². The van der Waals surface area contributed by atoms with Crippen LogP contribution >= 0.6 is 0 Å². The molecule has 1 amide bonds. The van der Waals surface area contributed by atoms with Gasteiger partial charge in [-0.25, -0.2) is 0 Å². The van der Waals surface area contributed by atoms with Gasteiger partial charge in [0.2, 0.25) is 0 Å². The number of ether oxygens (including phenoxy) is 1. The van der Waals surface area contributed by atoms with Crippen LogP contribution < -0.4 is 0 Å². The molecule has 3 aromatic rings. The maximum atomic E-state index is 13.1. The van der Waals surface area contributed by atoms with E-state index in [0.717, 1.165) is 46.4 Å². The number of phenols is 1. The normalized spacial score (nSPS) is 17.3. The van der Waals surface area contributed by atoms with Crippen LogP contribution in [0, 0.1) is 0 Å². The molecule has 0 aliphatic carbocycles. The van der Waals surface area contributed by atoms with Gasteiger partial charge in [0.25, 0.3) is 5.91 Å². The van der Waals surface area contributed by atoms with Crippen molar-refractivity contribution in [3.05, 3.63) is 47.4 Å². The van der Waals surface area contributed by atoms with Crippen molar-refractivity contribution in [3.63, 3.8) is 0 Å². The number of benzene rings is 1. The molecule has 1 fully saturated rings. The first-order valence-corrected chi connectivity index (χ1v) is 9.88. The topological polar surface area (TPSA) is 70.8 Å². The number of pyridine rings is 1. The predicted molar refractivity (Wildman–Crippen MR) is 110 cm³/mol. The number of amides is 1. The molecule has 0 bridgehead atoms. The SMILES string of the molecule is CN1Cc2c(O)c(-c3cccnc3)cc3c2c(c(CN2CCOCC2)n3C)C1=O. The van der Waals surface area contributed by atoms with E-state index in [1.54, 1.807) is 24.3 Å². The van der Waals surface area contributed by atoms with Crippen molar-refractivity contribution >= 4 is 16.8 Å². The standard InChI is InChI=1S/C22H24N4O3/c1-24-12-16-19-17(10-15(21(16)27)14-4-3-5-23-11-14)25(2)18(20(19)22(24)28)13-26-6-8-29-9-7-26/h3-5,10-11,27H,6-9,12-13H2,1-2H3. The van der Waals surface area contributed by atoms with Crippen molar-refractivity contribution in [1.82, 2.24) is 19.4 Å². The highest BCUT2D eigenvalue weighted by Crippen LogP contribution is 2.43. The number of aromatic nitrogens is 2. The Labute approximate surface area is 169 Å². The van der Waals surface area contributed by atoms with Crippen LogP contribution in [-0.2, 0) is 24.9 Å². The van der Waals surface area contributed by atoms with Crippen molar-refractivity contribution < 1.29 is 14.6 Å². The average Bonchev–Trinajstić information content (AvgIpc) is 3.02. The third-order valence-electron chi connectivity index (χ3n) is 6.09. The Morgan fingerprint density at radius 1 is 1.24 bits per heavy atom. The zero-order chi connectivity index (χ0) is 20.1. The van der Waals surface area contributed by atoms with Gasteiger partial charge in [0.05, 0.1) is 24.3 Å². The van der Waals surface area contributed by atoms with E-state index in [9.17, 15) is 9.90 Å². The number of nitrogens with zero attached hydrogens (tertiary/aromatic N) is 4. The molecule has 7 nitrogen and oxygen atoms in total. The number of rotatable bonds is 3. The number of hydrogen-bond donors (Lipinski definition) is 1. The zero-order valence-corrected chi connectivity index (χ0v) is 16.7. The molecule has 2 aliphatic heterocycles. The fourth-order valence-corrected chi connectivity index (χ4v) is 4.50. The maximum absolute atomic E-state index is 13.1. The van der Waals surface area contributed by atoms with Crippen LogP contribution in [0.3, 0.4) is 0 Å². The van der Waals surface area contributed by atoms with Gasteiger partial charge in [-0.3, -0.25) is 14.7 Å².